The van der Waals surface area contributed by atoms with Crippen molar-refractivity contribution in [2.45, 2.75) is 24.2 Å². The number of rotatable bonds is 8. The number of ketones is 2. The van der Waals surface area contributed by atoms with Gasteiger partial charge in [-0.1, -0.05) is 78.4 Å². The van der Waals surface area contributed by atoms with E-state index >= 15 is 9.59 Å². The Bertz CT molecular complexity index is 2580. The summed E-state index contributed by atoms with van der Waals surface area (Å²) in [6.07, 6.45) is 3.95. The van der Waals surface area contributed by atoms with Crippen LogP contribution in [0.3, 0.4) is 0 Å². The quantitative estimate of drug-likeness (QED) is 0.0946. The van der Waals surface area contributed by atoms with Crippen molar-refractivity contribution in [2.75, 3.05) is 31.0 Å². The second-order valence-corrected chi connectivity index (χ2v) is 15.9. The lowest BCUT2D eigenvalue weighted by molar-refractivity contribution is -0.135. The van der Waals surface area contributed by atoms with Crippen molar-refractivity contribution in [3.63, 3.8) is 0 Å². The molecule has 3 aliphatic carbocycles. The van der Waals surface area contributed by atoms with Crippen LogP contribution in [-0.4, -0.2) is 49.7 Å². The fourth-order valence-electron chi connectivity index (χ4n) is 9.99. The van der Waals surface area contributed by atoms with Gasteiger partial charge in [-0.05, 0) is 102 Å². The maximum Gasteiger partial charge on any atom is 0.238 e. The number of phenols is 1. The highest BCUT2D eigenvalue weighted by molar-refractivity contribution is 6.32. The van der Waals surface area contributed by atoms with Gasteiger partial charge in [0.05, 0.1) is 41.4 Å². The predicted octanol–water partition coefficient (Wildman–Crippen LogP) is 8.91. The van der Waals surface area contributed by atoms with E-state index in [0.29, 0.717) is 39.3 Å². The molecule has 2 fully saturated rings. The van der Waals surface area contributed by atoms with Crippen LogP contribution in [0.4, 0.5) is 22.7 Å². The molecule has 59 heavy (non-hydrogen) atoms. The van der Waals surface area contributed by atoms with Crippen LogP contribution in [0, 0.1) is 23.7 Å². The van der Waals surface area contributed by atoms with Gasteiger partial charge in [0.15, 0.2) is 23.1 Å². The van der Waals surface area contributed by atoms with Crippen LogP contribution in [0.25, 0.3) is 5.57 Å². The van der Waals surface area contributed by atoms with E-state index in [9.17, 15) is 14.7 Å². The van der Waals surface area contributed by atoms with Crippen LogP contribution in [-0.2, 0) is 24.6 Å². The first-order valence-corrected chi connectivity index (χ1v) is 19.8. The van der Waals surface area contributed by atoms with Crippen LogP contribution in [0.1, 0.15) is 35.4 Å². The van der Waals surface area contributed by atoms with Crippen LogP contribution in [0.15, 0.2) is 155 Å². The van der Waals surface area contributed by atoms with Gasteiger partial charge < -0.3 is 14.7 Å². The van der Waals surface area contributed by atoms with E-state index in [1.54, 1.807) is 36.4 Å². The highest BCUT2D eigenvalue weighted by Crippen LogP contribution is 2.64. The van der Waals surface area contributed by atoms with E-state index in [4.69, 9.17) is 4.74 Å². The Morgan fingerprint density at radius 3 is 2.03 bits per heavy atom. The minimum atomic E-state index is -1.41. The number of carbonyl (C=O) groups is 4. The molecule has 0 aromatic heterocycles. The molecule has 1 N–H and O–H groups in total. The highest BCUT2D eigenvalue weighted by Gasteiger charge is 2.66. The predicted molar refractivity (Wildman–Crippen MR) is 225 cm³/mol. The first-order chi connectivity index (χ1) is 28.6. The van der Waals surface area contributed by atoms with Gasteiger partial charge in [-0.2, -0.15) is 10.2 Å². The first kappa shape index (κ1) is 37.6. The molecule has 6 atom stereocenters. The van der Waals surface area contributed by atoms with Gasteiger partial charge in [0.25, 0.3) is 0 Å². The van der Waals surface area contributed by atoms with Crippen molar-refractivity contribution in [2.24, 2.45) is 33.9 Å². The Balaban J connectivity index is 1.12. The highest BCUT2D eigenvalue weighted by atomic mass is 16.5. The van der Waals surface area contributed by atoms with Gasteiger partial charge >= 0.3 is 0 Å². The molecule has 0 spiro atoms. The second-order valence-electron chi connectivity index (χ2n) is 15.9. The molecular weight excluding hydrogens is 741 g/mol. The summed E-state index contributed by atoms with van der Waals surface area (Å²) in [6.45, 7) is 0. The van der Waals surface area contributed by atoms with Gasteiger partial charge in [-0.3, -0.25) is 24.1 Å². The number of hydrogen-bond donors (Lipinski definition) is 1. The molecule has 1 saturated carbocycles. The fraction of sp³-hybridized carbons (Fsp3) is 0.224. The number of ether oxygens (including phenoxy) is 1. The van der Waals surface area contributed by atoms with E-state index < -0.39 is 35.0 Å². The number of allylic oxidation sites excluding steroid dienone is 4. The lowest BCUT2D eigenvalue weighted by Gasteiger charge is -2.55. The summed E-state index contributed by atoms with van der Waals surface area (Å²) in [4.78, 5) is 62.8. The lowest BCUT2D eigenvalue weighted by atomic mass is 9.44. The van der Waals surface area contributed by atoms with E-state index in [0.717, 1.165) is 11.3 Å². The topological polar surface area (TPSA) is 129 Å². The monoisotopic (exact) mass is 782 g/mol. The number of amides is 2. The first-order valence-electron chi connectivity index (χ1n) is 19.8. The summed E-state index contributed by atoms with van der Waals surface area (Å²) in [7, 11) is 5.40. The number of phenolic OH excluding ortho intramolecular Hbond substituents is 1. The molecule has 0 radical (unpaired) electrons. The Kier molecular flexibility index (Phi) is 9.42. The van der Waals surface area contributed by atoms with Crippen molar-refractivity contribution >= 4 is 51.7 Å². The number of azo groups is 1. The molecule has 9 rings (SSSR count). The van der Waals surface area contributed by atoms with Crippen LogP contribution in [0.5, 0.6) is 11.5 Å². The van der Waals surface area contributed by atoms with Gasteiger partial charge in [-0.25, -0.2) is 0 Å². The number of nitrogens with zero attached hydrogens (tertiary/aromatic N) is 4. The molecule has 5 aromatic carbocycles. The summed E-state index contributed by atoms with van der Waals surface area (Å²) in [6, 6.07) is 38.2. The zero-order chi connectivity index (χ0) is 41.0. The minimum absolute atomic E-state index is 0.111. The molecular formula is C49H42N4O6. The molecule has 4 aliphatic rings. The lowest BCUT2D eigenvalue weighted by Crippen LogP contribution is -2.58. The summed E-state index contributed by atoms with van der Waals surface area (Å²) in [5.74, 6) is -4.56. The molecule has 1 heterocycles. The van der Waals surface area contributed by atoms with Gasteiger partial charge in [0.2, 0.25) is 11.8 Å². The van der Waals surface area contributed by atoms with E-state index in [1.807, 2.05) is 116 Å². The normalized spacial score (nSPS) is 24.9. The molecule has 2 amide bonds. The SMILES string of the molecule is COc1ccc([C@H]2C3=CC[C@@H]4C(=O)N(c5ccc(N=Nc6ccc(N(C)C)cc6)cc5)C(=O)[C@@H]4[C@@H]3C[C@H]3C(=O)C(c4ccccc4)=CC(=O)[C@@]23c2ccccc2)cc1O. The maximum absolute atomic E-state index is 15.2. The smallest absolute Gasteiger partial charge is 0.238 e. The molecule has 294 valence electrons. The molecule has 10 heteroatoms. The van der Waals surface area contributed by atoms with Gasteiger partial charge in [0, 0.05) is 37.2 Å². The number of anilines is 2. The largest absolute Gasteiger partial charge is 0.504 e. The van der Waals surface area contributed by atoms with Crippen molar-refractivity contribution in [3.05, 3.63) is 162 Å². The summed E-state index contributed by atoms with van der Waals surface area (Å²) < 4.78 is 5.40. The van der Waals surface area contributed by atoms with Gasteiger partial charge in [0.1, 0.15) is 0 Å². The Labute approximate surface area is 342 Å². The maximum atomic E-state index is 15.2. The third-order valence-electron chi connectivity index (χ3n) is 12.7. The number of hydrogen-bond acceptors (Lipinski definition) is 9. The van der Waals surface area contributed by atoms with Crippen molar-refractivity contribution in [1.82, 2.24) is 0 Å². The third kappa shape index (κ3) is 6.09. The zero-order valence-corrected chi connectivity index (χ0v) is 32.9. The van der Waals surface area contributed by atoms with Gasteiger partial charge in [-0.15, -0.1) is 0 Å². The third-order valence-corrected chi connectivity index (χ3v) is 12.7. The Hall–Kier alpha value is -6.94. The molecule has 1 saturated heterocycles. The molecule has 0 bridgehead atoms. The fourth-order valence-corrected chi connectivity index (χ4v) is 9.99. The van der Waals surface area contributed by atoms with Crippen molar-refractivity contribution < 1.29 is 29.0 Å². The average Bonchev–Trinajstić information content (AvgIpc) is 3.52. The molecule has 1 aliphatic heterocycles. The molecule has 10 nitrogen and oxygen atoms in total. The number of methoxy groups -OCH3 is 1. The standard InChI is InChI=1S/C49H42N4O6/c1-52(2)34-19-15-32(16-20-34)50-51-33-17-21-35(22-18-33)53-47(57)37-24-23-36-39(44(37)48(53)58)27-40-46(56)38(29-10-6-4-7-11-29)28-43(55)49(40,31-12-8-5-9-13-31)45(36)30-14-25-42(59-3)41(54)26-30/h4-23,25-26,28,37,39-40,44-45,54H,24,27H2,1-3H3/t37-,39+,40-,44-,45-,49-/m0/s1. The summed E-state index contributed by atoms with van der Waals surface area (Å²) in [5, 5.41) is 19.9. The average molecular weight is 783 g/mol. The number of benzene rings is 5. The van der Waals surface area contributed by atoms with E-state index in [1.165, 1.54) is 18.1 Å². The minimum Gasteiger partial charge on any atom is -0.504 e. The molecule has 5 aromatic rings. The number of carbonyl (C=O) groups excluding carboxylic acids is 4. The van der Waals surface area contributed by atoms with E-state index in [-0.39, 0.29) is 47.7 Å². The van der Waals surface area contributed by atoms with Crippen LogP contribution < -0.4 is 14.5 Å². The van der Waals surface area contributed by atoms with Crippen molar-refractivity contribution in [1.29, 1.82) is 0 Å². The van der Waals surface area contributed by atoms with Crippen LogP contribution in [0.2, 0.25) is 0 Å². The van der Waals surface area contributed by atoms with Crippen molar-refractivity contribution in [3.8, 4) is 11.5 Å². The summed E-state index contributed by atoms with van der Waals surface area (Å²) in [5.41, 5.74) is 4.36. The molecule has 0 unspecified atom stereocenters. The Morgan fingerprint density at radius 1 is 0.763 bits per heavy atom. The summed E-state index contributed by atoms with van der Waals surface area (Å²) >= 11 is 0. The zero-order valence-electron chi connectivity index (χ0n) is 32.9. The van der Waals surface area contributed by atoms with E-state index in [2.05, 4.69) is 10.2 Å². The number of aromatic hydroxyl groups is 1. The van der Waals surface area contributed by atoms with Crippen LogP contribution >= 0.6 is 0 Å². The number of imide groups is 1. The Morgan fingerprint density at radius 2 is 1.41 bits per heavy atom. The number of fused-ring (bicyclic) bond motifs is 4. The number of Topliss-reactive ketones (excluding diaryl/α,β-unsaturated/α-hetero) is 1. The second kappa shape index (κ2) is 14.8.